The van der Waals surface area contributed by atoms with Crippen molar-refractivity contribution < 1.29 is 4.79 Å². The van der Waals surface area contributed by atoms with Crippen LogP contribution in [-0.2, 0) is 11.3 Å². The molecule has 2 rings (SSSR count). The molecule has 0 atom stereocenters. The number of amides is 1. The number of fused-ring (bicyclic) bond motifs is 1. The molecule has 1 aromatic carbocycles. The second kappa shape index (κ2) is 4.37. The third-order valence-electron chi connectivity index (χ3n) is 1.96. The van der Waals surface area contributed by atoms with Gasteiger partial charge in [-0.1, -0.05) is 12.1 Å². The largest absolute Gasteiger partial charge is 0.348 e. The highest BCUT2D eigenvalue weighted by Gasteiger charge is 2.03. The topological polar surface area (TPSA) is 68.0 Å². The molecule has 0 fully saturated rings. The zero-order valence-corrected chi connectivity index (χ0v) is 8.88. The molecule has 1 amide bonds. The van der Waals surface area contributed by atoms with Gasteiger partial charge in [0.05, 0.1) is 23.3 Å². The van der Waals surface area contributed by atoms with Gasteiger partial charge in [0.25, 0.3) is 0 Å². The molecule has 1 heterocycles. The summed E-state index contributed by atoms with van der Waals surface area (Å²) < 4.78 is 1.13. The van der Waals surface area contributed by atoms with E-state index in [-0.39, 0.29) is 12.5 Å². The van der Waals surface area contributed by atoms with Gasteiger partial charge in [0.1, 0.15) is 5.01 Å². The van der Waals surface area contributed by atoms with E-state index in [0.717, 1.165) is 15.2 Å². The first-order valence-electron chi connectivity index (χ1n) is 4.61. The van der Waals surface area contributed by atoms with Crippen molar-refractivity contribution in [2.24, 2.45) is 5.73 Å². The van der Waals surface area contributed by atoms with E-state index in [1.807, 2.05) is 24.3 Å². The first-order chi connectivity index (χ1) is 7.29. The normalized spacial score (nSPS) is 10.5. The Labute approximate surface area is 91.1 Å². The Morgan fingerprint density at radius 1 is 1.47 bits per heavy atom. The highest BCUT2D eigenvalue weighted by atomic mass is 32.1. The van der Waals surface area contributed by atoms with Crippen molar-refractivity contribution in [1.82, 2.24) is 10.3 Å². The molecule has 15 heavy (non-hydrogen) atoms. The Bertz CT molecular complexity index is 447. The quantitative estimate of drug-likeness (QED) is 0.808. The van der Waals surface area contributed by atoms with Crippen LogP contribution >= 0.6 is 11.3 Å². The molecule has 0 spiro atoms. The number of thiazole rings is 1. The summed E-state index contributed by atoms with van der Waals surface area (Å²) in [6.45, 7) is 0.472. The Hall–Kier alpha value is -1.46. The molecule has 0 radical (unpaired) electrons. The molecule has 0 saturated heterocycles. The second-order valence-corrected chi connectivity index (χ2v) is 4.17. The Balaban J connectivity index is 2.12. The number of carbonyl (C=O) groups is 1. The Morgan fingerprint density at radius 2 is 2.27 bits per heavy atom. The van der Waals surface area contributed by atoms with Crippen molar-refractivity contribution in [3.63, 3.8) is 0 Å². The maximum atomic E-state index is 10.9. The minimum atomic E-state index is -0.158. The van der Waals surface area contributed by atoms with E-state index < -0.39 is 0 Å². The number of nitrogens with two attached hydrogens (primary N) is 1. The molecule has 0 aliphatic carbocycles. The van der Waals surface area contributed by atoms with Gasteiger partial charge in [-0.15, -0.1) is 11.3 Å². The number of nitrogens with one attached hydrogen (secondary N) is 1. The number of para-hydroxylation sites is 1. The molecule has 0 aliphatic heterocycles. The first-order valence-corrected chi connectivity index (χ1v) is 5.42. The molecular weight excluding hydrogens is 210 g/mol. The molecule has 2 aromatic rings. The molecule has 0 unspecified atom stereocenters. The lowest BCUT2D eigenvalue weighted by atomic mass is 10.3. The lowest BCUT2D eigenvalue weighted by Gasteiger charge is -1.98. The van der Waals surface area contributed by atoms with Gasteiger partial charge in [0.2, 0.25) is 5.91 Å². The van der Waals surface area contributed by atoms with Crippen LogP contribution in [0.15, 0.2) is 24.3 Å². The fourth-order valence-electron chi connectivity index (χ4n) is 1.24. The van der Waals surface area contributed by atoms with Crippen LogP contribution in [0.1, 0.15) is 5.01 Å². The summed E-state index contributed by atoms with van der Waals surface area (Å²) in [7, 11) is 0. The van der Waals surface area contributed by atoms with Crippen molar-refractivity contribution in [1.29, 1.82) is 0 Å². The molecule has 1 aromatic heterocycles. The zero-order chi connectivity index (χ0) is 10.7. The molecule has 5 heteroatoms. The number of rotatable bonds is 3. The standard InChI is InChI=1S/C10H11N3OS/c11-5-9(14)12-6-10-13-7-3-1-2-4-8(7)15-10/h1-4H,5-6,11H2,(H,12,14). The van der Waals surface area contributed by atoms with E-state index in [1.54, 1.807) is 11.3 Å². The van der Waals surface area contributed by atoms with E-state index in [4.69, 9.17) is 5.73 Å². The van der Waals surface area contributed by atoms with E-state index >= 15 is 0 Å². The van der Waals surface area contributed by atoms with Crippen LogP contribution in [0, 0.1) is 0 Å². The van der Waals surface area contributed by atoms with Crippen LogP contribution in [0.3, 0.4) is 0 Å². The summed E-state index contributed by atoms with van der Waals surface area (Å²) >= 11 is 1.58. The number of carbonyl (C=O) groups excluding carboxylic acids is 1. The second-order valence-electron chi connectivity index (χ2n) is 3.06. The van der Waals surface area contributed by atoms with Gasteiger partial charge in [-0.25, -0.2) is 4.98 Å². The highest BCUT2D eigenvalue weighted by Crippen LogP contribution is 2.20. The predicted molar refractivity (Wildman–Crippen MR) is 60.5 cm³/mol. The lowest BCUT2D eigenvalue weighted by molar-refractivity contribution is -0.119. The van der Waals surface area contributed by atoms with Gasteiger partial charge in [-0.05, 0) is 12.1 Å². The van der Waals surface area contributed by atoms with Crippen molar-refractivity contribution in [3.05, 3.63) is 29.3 Å². The summed E-state index contributed by atoms with van der Waals surface area (Å²) in [5.41, 5.74) is 6.15. The monoisotopic (exact) mass is 221 g/mol. The summed E-state index contributed by atoms with van der Waals surface area (Å²) in [5.74, 6) is -0.158. The van der Waals surface area contributed by atoms with Crippen molar-refractivity contribution >= 4 is 27.5 Å². The fraction of sp³-hybridized carbons (Fsp3) is 0.200. The van der Waals surface area contributed by atoms with E-state index in [2.05, 4.69) is 10.3 Å². The molecule has 0 bridgehead atoms. The van der Waals surface area contributed by atoms with Crippen molar-refractivity contribution in [3.8, 4) is 0 Å². The highest BCUT2D eigenvalue weighted by molar-refractivity contribution is 7.18. The minimum Gasteiger partial charge on any atom is -0.348 e. The number of benzene rings is 1. The third kappa shape index (κ3) is 2.31. The average Bonchev–Trinajstić information content (AvgIpc) is 2.68. The number of aromatic nitrogens is 1. The van der Waals surface area contributed by atoms with E-state index in [9.17, 15) is 4.79 Å². The van der Waals surface area contributed by atoms with Gasteiger partial charge in [-0.3, -0.25) is 4.79 Å². The van der Waals surface area contributed by atoms with Crippen LogP contribution in [-0.4, -0.2) is 17.4 Å². The number of hydrogen-bond donors (Lipinski definition) is 2. The average molecular weight is 221 g/mol. The van der Waals surface area contributed by atoms with Gasteiger partial charge < -0.3 is 11.1 Å². The molecule has 3 N–H and O–H groups in total. The summed E-state index contributed by atoms with van der Waals surface area (Å²) in [6.07, 6.45) is 0. The smallest absolute Gasteiger partial charge is 0.234 e. The summed E-state index contributed by atoms with van der Waals surface area (Å²) in [4.78, 5) is 15.3. The summed E-state index contributed by atoms with van der Waals surface area (Å²) in [6, 6.07) is 7.90. The predicted octanol–water partition coefficient (Wildman–Crippen LogP) is 0.871. The summed E-state index contributed by atoms with van der Waals surface area (Å²) in [5, 5.41) is 3.59. The van der Waals surface area contributed by atoms with Crippen LogP contribution in [0.4, 0.5) is 0 Å². The Morgan fingerprint density at radius 3 is 3.00 bits per heavy atom. The lowest BCUT2D eigenvalue weighted by Crippen LogP contribution is -2.29. The minimum absolute atomic E-state index is 0.0187. The van der Waals surface area contributed by atoms with Gasteiger partial charge >= 0.3 is 0 Å². The van der Waals surface area contributed by atoms with Crippen LogP contribution in [0.25, 0.3) is 10.2 Å². The number of hydrogen-bond acceptors (Lipinski definition) is 4. The van der Waals surface area contributed by atoms with E-state index in [1.165, 1.54) is 0 Å². The van der Waals surface area contributed by atoms with E-state index in [0.29, 0.717) is 6.54 Å². The third-order valence-corrected chi connectivity index (χ3v) is 3.00. The molecule has 0 saturated carbocycles. The SMILES string of the molecule is NCC(=O)NCc1nc2ccccc2s1. The number of nitrogens with zero attached hydrogens (tertiary/aromatic N) is 1. The van der Waals surface area contributed by atoms with Crippen molar-refractivity contribution in [2.75, 3.05) is 6.54 Å². The zero-order valence-electron chi connectivity index (χ0n) is 8.06. The fourth-order valence-corrected chi connectivity index (χ4v) is 2.15. The van der Waals surface area contributed by atoms with Gasteiger partial charge in [0, 0.05) is 0 Å². The molecule has 4 nitrogen and oxygen atoms in total. The Kier molecular flexibility index (Phi) is 2.94. The van der Waals surface area contributed by atoms with Gasteiger partial charge in [-0.2, -0.15) is 0 Å². The molecule has 78 valence electrons. The molecule has 0 aliphatic rings. The van der Waals surface area contributed by atoms with Crippen LogP contribution < -0.4 is 11.1 Å². The van der Waals surface area contributed by atoms with Crippen LogP contribution in [0.2, 0.25) is 0 Å². The van der Waals surface area contributed by atoms with Gasteiger partial charge in [0.15, 0.2) is 0 Å². The first kappa shape index (κ1) is 10.1. The maximum Gasteiger partial charge on any atom is 0.234 e. The molecular formula is C10H11N3OS. The van der Waals surface area contributed by atoms with Crippen molar-refractivity contribution in [2.45, 2.75) is 6.54 Å². The maximum absolute atomic E-state index is 10.9. The van der Waals surface area contributed by atoms with Crippen LogP contribution in [0.5, 0.6) is 0 Å².